The maximum atomic E-state index is 12.4. The Morgan fingerprint density at radius 3 is 2.65 bits per heavy atom. The summed E-state index contributed by atoms with van der Waals surface area (Å²) in [6, 6.07) is 7.45. The number of rotatable bonds is 7. The molecule has 2 rings (SSSR count). The van der Waals surface area contributed by atoms with Crippen molar-refractivity contribution in [3.05, 3.63) is 29.8 Å². The largest absolute Gasteiger partial charge is 0.483 e. The normalized spacial score (nSPS) is 15.2. The first-order chi connectivity index (χ1) is 11.1. The Morgan fingerprint density at radius 1 is 1.30 bits per heavy atom. The Hall–Kier alpha value is -2.08. The lowest BCUT2D eigenvalue weighted by Gasteiger charge is -2.33. The van der Waals surface area contributed by atoms with Crippen LogP contribution in [0.25, 0.3) is 0 Å². The fraction of sp³-hybridized carbons (Fsp3) is 0.529. The molecule has 1 aromatic rings. The molecule has 1 aliphatic heterocycles. The third kappa shape index (κ3) is 4.96. The first-order valence-corrected chi connectivity index (χ1v) is 7.91. The van der Waals surface area contributed by atoms with E-state index in [1.165, 1.54) is 4.90 Å². The van der Waals surface area contributed by atoms with Crippen LogP contribution in [0.4, 0.5) is 0 Å². The molecule has 126 valence electrons. The molecule has 0 aromatic heterocycles. The topological polar surface area (TPSA) is 76.1 Å². The molecule has 0 bridgehead atoms. The molecule has 1 heterocycles. The number of hydrogen-bond acceptors (Lipinski definition) is 4. The second-order valence-electron chi connectivity index (χ2n) is 5.51. The van der Waals surface area contributed by atoms with Gasteiger partial charge in [-0.2, -0.15) is 0 Å². The van der Waals surface area contributed by atoms with Crippen LogP contribution in [0.2, 0.25) is 0 Å². The van der Waals surface area contributed by atoms with E-state index in [9.17, 15) is 9.59 Å². The van der Waals surface area contributed by atoms with Crippen LogP contribution in [0.3, 0.4) is 0 Å². The lowest BCUT2D eigenvalue weighted by molar-refractivity contribution is -0.148. The molecule has 0 aliphatic carbocycles. The molecule has 0 unspecified atom stereocenters. The molecule has 6 heteroatoms. The highest BCUT2D eigenvalue weighted by molar-refractivity contribution is 5.82. The lowest BCUT2D eigenvalue weighted by Crippen LogP contribution is -2.47. The summed E-state index contributed by atoms with van der Waals surface area (Å²) in [5.41, 5.74) is 1.02. The van der Waals surface area contributed by atoms with Crippen LogP contribution in [-0.2, 0) is 20.7 Å². The molecule has 0 radical (unpaired) electrons. The molecule has 6 nitrogen and oxygen atoms in total. The van der Waals surface area contributed by atoms with Crippen LogP contribution < -0.4 is 4.74 Å². The van der Waals surface area contributed by atoms with E-state index in [0.717, 1.165) is 12.0 Å². The highest BCUT2D eigenvalue weighted by Crippen LogP contribution is 2.19. The third-order valence-electron chi connectivity index (χ3n) is 3.96. The van der Waals surface area contributed by atoms with Crippen molar-refractivity contribution in [2.75, 3.05) is 26.4 Å². The van der Waals surface area contributed by atoms with E-state index in [-0.39, 0.29) is 25.1 Å². The molecule has 1 aromatic carbocycles. The number of nitrogens with zero attached hydrogens (tertiary/aromatic N) is 1. The van der Waals surface area contributed by atoms with Crippen molar-refractivity contribution in [1.82, 2.24) is 4.90 Å². The van der Waals surface area contributed by atoms with E-state index >= 15 is 0 Å². The number of aliphatic carboxylic acids is 1. The average Bonchev–Trinajstić information content (AvgIpc) is 2.58. The number of para-hydroxylation sites is 1. The summed E-state index contributed by atoms with van der Waals surface area (Å²) in [7, 11) is 0. The van der Waals surface area contributed by atoms with Gasteiger partial charge in [-0.3, -0.25) is 9.59 Å². The maximum absolute atomic E-state index is 12.4. The highest BCUT2D eigenvalue weighted by Gasteiger charge is 2.27. The number of ether oxygens (including phenoxy) is 2. The number of amides is 1. The van der Waals surface area contributed by atoms with Gasteiger partial charge in [0.2, 0.25) is 0 Å². The number of carboxylic acids is 1. The molecule has 1 aliphatic rings. The first kappa shape index (κ1) is 17.3. The van der Waals surface area contributed by atoms with Crippen LogP contribution >= 0.6 is 0 Å². The van der Waals surface area contributed by atoms with Gasteiger partial charge in [-0.05, 0) is 30.9 Å². The second kappa shape index (κ2) is 8.53. The molecule has 1 N–H and O–H groups in total. The summed E-state index contributed by atoms with van der Waals surface area (Å²) in [4.78, 5) is 24.9. The molecular formula is C17H23NO5. The summed E-state index contributed by atoms with van der Waals surface area (Å²) in [5, 5.41) is 9.06. The molecular weight excluding hydrogens is 298 g/mol. The quantitative estimate of drug-likeness (QED) is 0.827. The Bertz CT molecular complexity index is 540. The minimum atomic E-state index is -1.01. The van der Waals surface area contributed by atoms with Crippen molar-refractivity contribution in [3.63, 3.8) is 0 Å². The standard InChI is InChI=1S/C17H23NO5/c1-2-13-5-3-4-6-15(13)23-12-16(19)18(11-17(20)21)14-7-9-22-10-8-14/h3-6,14H,2,7-12H2,1H3,(H,20,21). The zero-order chi connectivity index (χ0) is 16.7. The average molecular weight is 321 g/mol. The van der Waals surface area contributed by atoms with Crippen molar-refractivity contribution in [3.8, 4) is 5.75 Å². The number of carbonyl (C=O) groups is 2. The Kier molecular flexibility index (Phi) is 6.40. The number of benzene rings is 1. The number of aryl methyl sites for hydroxylation is 1. The fourth-order valence-corrected chi connectivity index (χ4v) is 2.72. The molecule has 0 saturated carbocycles. The van der Waals surface area contributed by atoms with Crippen molar-refractivity contribution in [2.24, 2.45) is 0 Å². The lowest BCUT2D eigenvalue weighted by atomic mass is 10.1. The van der Waals surface area contributed by atoms with E-state index in [4.69, 9.17) is 14.6 Å². The van der Waals surface area contributed by atoms with Gasteiger partial charge in [0.15, 0.2) is 6.61 Å². The van der Waals surface area contributed by atoms with E-state index in [1.807, 2.05) is 31.2 Å². The highest BCUT2D eigenvalue weighted by atomic mass is 16.5. The van der Waals surface area contributed by atoms with Crippen molar-refractivity contribution < 1.29 is 24.2 Å². The zero-order valence-electron chi connectivity index (χ0n) is 13.4. The summed E-state index contributed by atoms with van der Waals surface area (Å²) in [6.07, 6.45) is 2.12. The number of hydrogen-bond donors (Lipinski definition) is 1. The van der Waals surface area contributed by atoms with Gasteiger partial charge in [0, 0.05) is 19.3 Å². The van der Waals surface area contributed by atoms with Crippen molar-refractivity contribution in [1.29, 1.82) is 0 Å². The predicted molar refractivity (Wildman–Crippen MR) is 84.5 cm³/mol. The smallest absolute Gasteiger partial charge is 0.323 e. The number of carbonyl (C=O) groups excluding carboxylic acids is 1. The molecule has 1 fully saturated rings. The summed E-state index contributed by atoms with van der Waals surface area (Å²) < 4.78 is 10.9. The van der Waals surface area contributed by atoms with Crippen molar-refractivity contribution >= 4 is 11.9 Å². The number of carboxylic acid groups (broad SMARTS) is 1. The molecule has 23 heavy (non-hydrogen) atoms. The molecule has 0 spiro atoms. The van der Waals surface area contributed by atoms with Crippen LogP contribution in [0.1, 0.15) is 25.3 Å². The monoisotopic (exact) mass is 321 g/mol. The van der Waals surface area contributed by atoms with Gasteiger partial charge >= 0.3 is 5.97 Å². The minimum Gasteiger partial charge on any atom is -0.483 e. The zero-order valence-corrected chi connectivity index (χ0v) is 13.4. The molecule has 0 atom stereocenters. The Labute approximate surface area is 136 Å². The van der Waals surface area contributed by atoms with Crippen LogP contribution in [-0.4, -0.2) is 54.3 Å². The third-order valence-corrected chi connectivity index (χ3v) is 3.96. The second-order valence-corrected chi connectivity index (χ2v) is 5.51. The summed E-state index contributed by atoms with van der Waals surface area (Å²) in [5.74, 6) is -0.644. The molecule has 1 amide bonds. The summed E-state index contributed by atoms with van der Waals surface area (Å²) in [6.45, 7) is 2.66. The van der Waals surface area contributed by atoms with Gasteiger partial charge in [-0.15, -0.1) is 0 Å². The maximum Gasteiger partial charge on any atom is 0.323 e. The summed E-state index contributed by atoms with van der Waals surface area (Å²) >= 11 is 0. The van der Waals surface area contributed by atoms with E-state index in [2.05, 4.69) is 0 Å². The van der Waals surface area contributed by atoms with E-state index in [1.54, 1.807) is 0 Å². The predicted octanol–water partition coefficient (Wildman–Crippen LogP) is 1.72. The van der Waals surface area contributed by atoms with Gasteiger partial charge in [-0.1, -0.05) is 25.1 Å². The fourth-order valence-electron chi connectivity index (χ4n) is 2.72. The SMILES string of the molecule is CCc1ccccc1OCC(=O)N(CC(=O)O)C1CCOCC1. The van der Waals surface area contributed by atoms with Crippen LogP contribution in [0.5, 0.6) is 5.75 Å². The van der Waals surface area contributed by atoms with Gasteiger partial charge in [0.25, 0.3) is 5.91 Å². The van der Waals surface area contributed by atoms with Gasteiger partial charge < -0.3 is 19.5 Å². The van der Waals surface area contributed by atoms with Crippen molar-refractivity contribution in [2.45, 2.75) is 32.2 Å². The Morgan fingerprint density at radius 2 is 2.00 bits per heavy atom. The van der Waals surface area contributed by atoms with Crippen LogP contribution in [0.15, 0.2) is 24.3 Å². The van der Waals surface area contributed by atoms with Gasteiger partial charge in [-0.25, -0.2) is 0 Å². The van der Waals surface area contributed by atoms with Gasteiger partial charge in [0.1, 0.15) is 12.3 Å². The first-order valence-electron chi connectivity index (χ1n) is 7.91. The van der Waals surface area contributed by atoms with Crippen LogP contribution in [0, 0.1) is 0 Å². The van der Waals surface area contributed by atoms with E-state index in [0.29, 0.717) is 31.8 Å². The van der Waals surface area contributed by atoms with E-state index < -0.39 is 5.97 Å². The Balaban J connectivity index is 2.00. The molecule has 1 saturated heterocycles. The minimum absolute atomic E-state index is 0.0997. The van der Waals surface area contributed by atoms with Gasteiger partial charge in [0.05, 0.1) is 0 Å².